The minimum atomic E-state index is -0.263. The van der Waals surface area contributed by atoms with Gasteiger partial charge in [0.1, 0.15) is 12.4 Å². The molecule has 2 amide bonds. The standard InChI is InChI=1S/C16H21ClN2O3/c1-11(2)19-10-12(8-15(19)20)16(21)18-6-7-22-14-5-3-4-13(17)9-14/h3-5,9,11-12H,6-8,10H2,1-2H3,(H,18,21). The summed E-state index contributed by atoms with van der Waals surface area (Å²) in [5.74, 6) is 0.362. The maximum atomic E-state index is 12.1. The molecule has 1 heterocycles. The van der Waals surface area contributed by atoms with Crippen LogP contribution in [0.2, 0.25) is 5.02 Å². The molecule has 1 aromatic rings. The Morgan fingerprint density at radius 3 is 2.91 bits per heavy atom. The Labute approximate surface area is 135 Å². The van der Waals surface area contributed by atoms with Gasteiger partial charge in [0.25, 0.3) is 0 Å². The number of carbonyl (C=O) groups excluding carboxylic acids is 2. The second-order valence-corrected chi connectivity index (χ2v) is 6.07. The quantitative estimate of drug-likeness (QED) is 0.815. The zero-order valence-corrected chi connectivity index (χ0v) is 13.6. The summed E-state index contributed by atoms with van der Waals surface area (Å²) < 4.78 is 5.50. The van der Waals surface area contributed by atoms with E-state index in [1.807, 2.05) is 19.9 Å². The van der Waals surface area contributed by atoms with E-state index in [9.17, 15) is 9.59 Å². The average Bonchev–Trinajstić information content (AvgIpc) is 2.86. The molecule has 0 radical (unpaired) electrons. The Kier molecular flexibility index (Phi) is 5.66. The minimum Gasteiger partial charge on any atom is -0.492 e. The zero-order valence-electron chi connectivity index (χ0n) is 12.8. The number of amides is 2. The normalized spacial score (nSPS) is 17.9. The summed E-state index contributed by atoms with van der Waals surface area (Å²) in [6.45, 7) is 5.17. The Hall–Kier alpha value is -1.75. The lowest BCUT2D eigenvalue weighted by molar-refractivity contribution is -0.129. The first-order valence-corrected chi connectivity index (χ1v) is 7.80. The van der Waals surface area contributed by atoms with Gasteiger partial charge in [0, 0.05) is 24.0 Å². The molecule has 1 saturated heterocycles. The number of nitrogens with zero attached hydrogens (tertiary/aromatic N) is 1. The molecule has 0 saturated carbocycles. The Morgan fingerprint density at radius 1 is 1.50 bits per heavy atom. The predicted octanol–water partition coefficient (Wildman–Crippen LogP) is 2.09. The molecule has 120 valence electrons. The molecular formula is C16H21ClN2O3. The van der Waals surface area contributed by atoms with Crippen molar-refractivity contribution < 1.29 is 14.3 Å². The highest BCUT2D eigenvalue weighted by Crippen LogP contribution is 2.20. The number of hydrogen-bond acceptors (Lipinski definition) is 3. The highest BCUT2D eigenvalue weighted by molar-refractivity contribution is 6.30. The third-order valence-electron chi connectivity index (χ3n) is 3.62. The van der Waals surface area contributed by atoms with Gasteiger partial charge in [0.15, 0.2) is 0 Å². The lowest BCUT2D eigenvalue weighted by Gasteiger charge is -2.20. The molecule has 1 N–H and O–H groups in total. The van der Waals surface area contributed by atoms with Crippen LogP contribution >= 0.6 is 11.6 Å². The van der Waals surface area contributed by atoms with E-state index in [0.29, 0.717) is 36.9 Å². The van der Waals surface area contributed by atoms with E-state index in [1.54, 1.807) is 23.1 Å². The minimum absolute atomic E-state index is 0.0466. The van der Waals surface area contributed by atoms with Gasteiger partial charge in [-0.05, 0) is 32.0 Å². The Balaban J connectivity index is 1.71. The lowest BCUT2D eigenvalue weighted by Crippen LogP contribution is -2.36. The summed E-state index contributed by atoms with van der Waals surface area (Å²) >= 11 is 5.86. The van der Waals surface area contributed by atoms with Gasteiger partial charge in [-0.2, -0.15) is 0 Å². The second-order valence-electron chi connectivity index (χ2n) is 5.64. The van der Waals surface area contributed by atoms with E-state index in [1.165, 1.54) is 0 Å². The molecular weight excluding hydrogens is 304 g/mol. The molecule has 6 heteroatoms. The van der Waals surface area contributed by atoms with Gasteiger partial charge in [-0.1, -0.05) is 17.7 Å². The molecule has 1 aliphatic rings. The first-order valence-electron chi connectivity index (χ1n) is 7.43. The van der Waals surface area contributed by atoms with Gasteiger partial charge < -0.3 is 15.0 Å². The van der Waals surface area contributed by atoms with Crippen LogP contribution in [-0.4, -0.2) is 42.5 Å². The van der Waals surface area contributed by atoms with Gasteiger partial charge in [-0.3, -0.25) is 9.59 Å². The maximum absolute atomic E-state index is 12.1. The van der Waals surface area contributed by atoms with Crippen molar-refractivity contribution in [2.24, 2.45) is 5.92 Å². The molecule has 0 aromatic heterocycles. The number of nitrogens with one attached hydrogen (secondary N) is 1. The largest absolute Gasteiger partial charge is 0.492 e. The molecule has 1 fully saturated rings. The summed E-state index contributed by atoms with van der Waals surface area (Å²) in [6.07, 6.45) is 0.291. The van der Waals surface area contributed by atoms with Crippen LogP contribution in [0.3, 0.4) is 0 Å². The van der Waals surface area contributed by atoms with E-state index in [-0.39, 0.29) is 23.8 Å². The van der Waals surface area contributed by atoms with Crippen molar-refractivity contribution in [3.8, 4) is 5.75 Å². The number of ether oxygens (including phenoxy) is 1. The number of benzene rings is 1. The van der Waals surface area contributed by atoms with Gasteiger partial charge in [0.05, 0.1) is 12.5 Å². The highest BCUT2D eigenvalue weighted by Gasteiger charge is 2.35. The number of rotatable bonds is 6. The third-order valence-corrected chi connectivity index (χ3v) is 3.85. The van der Waals surface area contributed by atoms with Crippen molar-refractivity contribution in [3.63, 3.8) is 0 Å². The van der Waals surface area contributed by atoms with Crippen molar-refractivity contribution in [2.45, 2.75) is 26.3 Å². The Morgan fingerprint density at radius 2 is 2.27 bits per heavy atom. The number of carbonyl (C=O) groups is 2. The highest BCUT2D eigenvalue weighted by atomic mass is 35.5. The molecule has 5 nitrogen and oxygen atoms in total. The fraction of sp³-hybridized carbons (Fsp3) is 0.500. The first kappa shape index (κ1) is 16.6. The second kappa shape index (κ2) is 7.49. The topological polar surface area (TPSA) is 58.6 Å². The molecule has 1 atom stereocenters. The summed E-state index contributed by atoms with van der Waals surface area (Å²) in [5.41, 5.74) is 0. The summed E-state index contributed by atoms with van der Waals surface area (Å²) in [7, 11) is 0. The Bertz CT molecular complexity index is 548. The molecule has 0 aliphatic carbocycles. The summed E-state index contributed by atoms with van der Waals surface area (Å²) in [6, 6.07) is 7.24. The molecule has 22 heavy (non-hydrogen) atoms. The lowest BCUT2D eigenvalue weighted by atomic mass is 10.1. The number of likely N-dealkylation sites (tertiary alicyclic amines) is 1. The SMILES string of the molecule is CC(C)N1CC(C(=O)NCCOc2cccc(Cl)c2)CC1=O. The van der Waals surface area contributed by atoms with Crippen LogP contribution in [0.4, 0.5) is 0 Å². The van der Waals surface area contributed by atoms with Gasteiger partial charge in [-0.25, -0.2) is 0 Å². The summed E-state index contributed by atoms with van der Waals surface area (Å²) in [5, 5.41) is 3.42. The van der Waals surface area contributed by atoms with Gasteiger partial charge >= 0.3 is 0 Å². The van der Waals surface area contributed by atoms with Crippen LogP contribution in [0.1, 0.15) is 20.3 Å². The molecule has 2 rings (SSSR count). The molecule has 1 aliphatic heterocycles. The van der Waals surface area contributed by atoms with Crippen molar-refractivity contribution in [1.29, 1.82) is 0 Å². The molecule has 0 bridgehead atoms. The molecule has 0 spiro atoms. The van der Waals surface area contributed by atoms with E-state index in [0.717, 1.165) is 0 Å². The van der Waals surface area contributed by atoms with Crippen molar-refractivity contribution in [1.82, 2.24) is 10.2 Å². The first-order chi connectivity index (χ1) is 10.5. The average molecular weight is 325 g/mol. The van der Waals surface area contributed by atoms with Crippen LogP contribution < -0.4 is 10.1 Å². The van der Waals surface area contributed by atoms with Crippen LogP contribution in [0.25, 0.3) is 0 Å². The van der Waals surface area contributed by atoms with Crippen LogP contribution in [0.5, 0.6) is 5.75 Å². The van der Waals surface area contributed by atoms with Crippen molar-refractivity contribution in [3.05, 3.63) is 29.3 Å². The number of hydrogen-bond donors (Lipinski definition) is 1. The van der Waals surface area contributed by atoms with E-state index < -0.39 is 0 Å². The molecule has 1 unspecified atom stereocenters. The van der Waals surface area contributed by atoms with Gasteiger partial charge in [-0.15, -0.1) is 0 Å². The van der Waals surface area contributed by atoms with Crippen LogP contribution in [0.15, 0.2) is 24.3 Å². The predicted molar refractivity (Wildman–Crippen MR) is 84.9 cm³/mol. The maximum Gasteiger partial charge on any atom is 0.225 e. The molecule has 1 aromatic carbocycles. The third kappa shape index (κ3) is 4.37. The van der Waals surface area contributed by atoms with E-state index in [4.69, 9.17) is 16.3 Å². The number of halogens is 1. The van der Waals surface area contributed by atoms with E-state index in [2.05, 4.69) is 5.32 Å². The monoisotopic (exact) mass is 324 g/mol. The fourth-order valence-corrected chi connectivity index (χ4v) is 2.63. The van der Waals surface area contributed by atoms with Crippen molar-refractivity contribution in [2.75, 3.05) is 19.7 Å². The fourth-order valence-electron chi connectivity index (χ4n) is 2.45. The zero-order chi connectivity index (χ0) is 16.1. The van der Waals surface area contributed by atoms with Crippen LogP contribution in [0, 0.1) is 5.92 Å². The van der Waals surface area contributed by atoms with Crippen molar-refractivity contribution >= 4 is 23.4 Å². The van der Waals surface area contributed by atoms with E-state index >= 15 is 0 Å². The smallest absolute Gasteiger partial charge is 0.225 e. The van der Waals surface area contributed by atoms with Crippen LogP contribution in [-0.2, 0) is 9.59 Å². The van der Waals surface area contributed by atoms with Gasteiger partial charge in [0.2, 0.25) is 11.8 Å². The summed E-state index contributed by atoms with van der Waals surface area (Å²) in [4.78, 5) is 25.6.